The molecule has 140 valence electrons. The van der Waals surface area contributed by atoms with E-state index in [4.69, 9.17) is 15.0 Å². The number of carbonyl (C=O) groups excluding carboxylic acids is 1. The summed E-state index contributed by atoms with van der Waals surface area (Å²) in [7, 11) is 0. The summed E-state index contributed by atoms with van der Waals surface area (Å²) in [6, 6.07) is 7.28. The molecule has 7 nitrogen and oxygen atoms in total. The lowest BCUT2D eigenvalue weighted by Gasteiger charge is -2.38. The van der Waals surface area contributed by atoms with E-state index in [9.17, 15) is 4.79 Å². The van der Waals surface area contributed by atoms with Gasteiger partial charge in [0.25, 0.3) is 5.91 Å². The van der Waals surface area contributed by atoms with E-state index in [1.54, 1.807) is 24.3 Å². The zero-order valence-corrected chi connectivity index (χ0v) is 15.4. The Balaban J connectivity index is 1.60. The van der Waals surface area contributed by atoms with Gasteiger partial charge in [0, 0.05) is 31.1 Å². The zero-order valence-electron chi connectivity index (χ0n) is 15.4. The van der Waals surface area contributed by atoms with Crippen molar-refractivity contribution in [3.63, 3.8) is 0 Å². The fourth-order valence-corrected chi connectivity index (χ4v) is 3.24. The van der Waals surface area contributed by atoms with Crippen molar-refractivity contribution in [2.24, 2.45) is 11.7 Å². The largest absolute Gasteiger partial charge is 0.485 e. The van der Waals surface area contributed by atoms with Gasteiger partial charge in [-0.15, -0.1) is 0 Å². The molecular formula is C19H26N4O3. The molecule has 1 aliphatic rings. The third-order valence-electron chi connectivity index (χ3n) is 4.79. The molecule has 2 unspecified atom stereocenters. The number of ether oxygens (including phenoxy) is 1. The molecular weight excluding hydrogens is 332 g/mol. The number of carbonyl (C=O) groups is 1. The molecule has 1 saturated heterocycles. The van der Waals surface area contributed by atoms with Crippen LogP contribution in [0.5, 0.6) is 5.75 Å². The van der Waals surface area contributed by atoms with Crippen LogP contribution in [0.4, 0.5) is 0 Å². The third kappa shape index (κ3) is 4.22. The molecule has 7 heteroatoms. The molecule has 1 aromatic heterocycles. The Hall–Kier alpha value is -2.41. The van der Waals surface area contributed by atoms with Gasteiger partial charge in [-0.25, -0.2) is 0 Å². The number of nitrogens with zero attached hydrogens (tertiary/aromatic N) is 3. The maximum absolute atomic E-state index is 12.8. The van der Waals surface area contributed by atoms with Crippen LogP contribution in [0.3, 0.4) is 0 Å². The summed E-state index contributed by atoms with van der Waals surface area (Å²) < 4.78 is 10.7. The van der Waals surface area contributed by atoms with Crippen molar-refractivity contribution >= 4 is 5.91 Å². The van der Waals surface area contributed by atoms with Crippen molar-refractivity contribution in [1.82, 2.24) is 15.0 Å². The molecule has 0 radical (unpaired) electrons. The lowest BCUT2D eigenvalue weighted by molar-refractivity contribution is 0.0573. The quantitative estimate of drug-likeness (QED) is 0.852. The van der Waals surface area contributed by atoms with Crippen molar-refractivity contribution in [1.29, 1.82) is 0 Å². The molecule has 0 saturated carbocycles. The van der Waals surface area contributed by atoms with Crippen molar-refractivity contribution in [3.05, 3.63) is 41.5 Å². The number of amides is 1. The Morgan fingerprint density at radius 2 is 2.15 bits per heavy atom. The van der Waals surface area contributed by atoms with E-state index in [2.05, 4.69) is 17.1 Å². The lowest BCUT2D eigenvalue weighted by Crippen LogP contribution is -2.49. The predicted molar refractivity (Wildman–Crippen MR) is 96.7 cm³/mol. The number of hydrogen-bond acceptors (Lipinski definition) is 6. The SMILES string of the molecule is CCc1nc(COc2ccc(C(=O)N3CCC(C)CC3CN)cc2)no1. The van der Waals surface area contributed by atoms with Crippen LogP contribution in [-0.2, 0) is 13.0 Å². The van der Waals surface area contributed by atoms with Gasteiger partial charge in [-0.05, 0) is 43.0 Å². The van der Waals surface area contributed by atoms with Gasteiger partial charge in [0.15, 0.2) is 6.61 Å². The van der Waals surface area contributed by atoms with Crippen LogP contribution in [0, 0.1) is 5.92 Å². The summed E-state index contributed by atoms with van der Waals surface area (Å²) in [6.45, 7) is 5.66. The Morgan fingerprint density at radius 1 is 1.38 bits per heavy atom. The summed E-state index contributed by atoms with van der Waals surface area (Å²) >= 11 is 0. The van der Waals surface area contributed by atoms with Gasteiger partial charge in [-0.1, -0.05) is 19.0 Å². The summed E-state index contributed by atoms with van der Waals surface area (Å²) in [6.07, 6.45) is 2.69. The van der Waals surface area contributed by atoms with Gasteiger partial charge in [-0.3, -0.25) is 4.79 Å². The number of aryl methyl sites for hydroxylation is 1. The fourth-order valence-electron chi connectivity index (χ4n) is 3.24. The van der Waals surface area contributed by atoms with Crippen LogP contribution in [-0.4, -0.2) is 40.1 Å². The van der Waals surface area contributed by atoms with Crippen molar-refractivity contribution < 1.29 is 14.1 Å². The number of aromatic nitrogens is 2. The van der Waals surface area contributed by atoms with Gasteiger partial charge in [0.1, 0.15) is 5.75 Å². The first-order valence-electron chi connectivity index (χ1n) is 9.16. The summed E-state index contributed by atoms with van der Waals surface area (Å²) in [5, 5.41) is 3.85. The summed E-state index contributed by atoms with van der Waals surface area (Å²) in [5.41, 5.74) is 6.52. The van der Waals surface area contributed by atoms with Gasteiger partial charge < -0.3 is 19.9 Å². The molecule has 2 atom stereocenters. The van der Waals surface area contributed by atoms with Crippen LogP contribution < -0.4 is 10.5 Å². The highest BCUT2D eigenvalue weighted by Crippen LogP contribution is 2.24. The van der Waals surface area contributed by atoms with Crippen LogP contribution in [0.25, 0.3) is 0 Å². The number of hydrogen-bond donors (Lipinski definition) is 1. The monoisotopic (exact) mass is 358 g/mol. The van der Waals surface area contributed by atoms with E-state index in [-0.39, 0.29) is 18.6 Å². The molecule has 1 fully saturated rings. The lowest BCUT2D eigenvalue weighted by atomic mass is 9.92. The molecule has 2 aromatic rings. The molecule has 26 heavy (non-hydrogen) atoms. The normalized spacial score (nSPS) is 20.2. The minimum atomic E-state index is 0.0321. The third-order valence-corrected chi connectivity index (χ3v) is 4.79. The average Bonchev–Trinajstić information content (AvgIpc) is 3.14. The van der Waals surface area contributed by atoms with E-state index >= 15 is 0 Å². The van der Waals surface area contributed by atoms with Crippen molar-refractivity contribution in [2.75, 3.05) is 13.1 Å². The molecule has 0 spiro atoms. The molecule has 3 rings (SSSR count). The van der Waals surface area contributed by atoms with E-state index in [1.165, 1.54) is 0 Å². The maximum atomic E-state index is 12.8. The van der Waals surface area contributed by atoms with Crippen LogP contribution in [0.2, 0.25) is 0 Å². The predicted octanol–water partition coefficient (Wildman–Crippen LogP) is 2.41. The first-order chi connectivity index (χ1) is 12.6. The van der Waals surface area contributed by atoms with Gasteiger partial charge >= 0.3 is 0 Å². The van der Waals surface area contributed by atoms with Crippen molar-refractivity contribution in [2.45, 2.75) is 45.8 Å². The first-order valence-corrected chi connectivity index (χ1v) is 9.16. The summed E-state index contributed by atoms with van der Waals surface area (Å²) in [4.78, 5) is 18.9. The number of benzene rings is 1. The Kier molecular flexibility index (Phi) is 5.88. The van der Waals surface area contributed by atoms with E-state index in [1.807, 2.05) is 11.8 Å². The van der Waals surface area contributed by atoms with Crippen molar-refractivity contribution in [3.8, 4) is 5.75 Å². The standard InChI is InChI=1S/C19H26N4O3/c1-3-18-21-17(22-26-18)12-25-16-6-4-14(5-7-16)19(24)23-9-8-13(2)10-15(23)11-20/h4-7,13,15H,3,8-12,20H2,1-2H3. The molecule has 2 N–H and O–H groups in total. The van der Waals surface area contributed by atoms with Crippen LogP contribution in [0.15, 0.2) is 28.8 Å². The van der Waals surface area contributed by atoms with E-state index in [0.717, 1.165) is 19.4 Å². The second kappa shape index (κ2) is 8.31. The molecule has 0 bridgehead atoms. The van der Waals surface area contributed by atoms with E-state index < -0.39 is 0 Å². The minimum Gasteiger partial charge on any atom is -0.485 e. The highest BCUT2D eigenvalue weighted by molar-refractivity contribution is 5.94. The molecule has 1 aromatic carbocycles. The zero-order chi connectivity index (χ0) is 18.5. The number of piperidine rings is 1. The Labute approximate surface area is 153 Å². The maximum Gasteiger partial charge on any atom is 0.254 e. The second-order valence-corrected chi connectivity index (χ2v) is 6.79. The number of rotatable bonds is 6. The first kappa shape index (κ1) is 18.4. The summed E-state index contributed by atoms with van der Waals surface area (Å²) in [5.74, 6) is 2.41. The van der Waals surface area contributed by atoms with Gasteiger partial charge in [0.05, 0.1) is 0 Å². The van der Waals surface area contributed by atoms with Gasteiger partial charge in [-0.2, -0.15) is 4.98 Å². The highest BCUT2D eigenvalue weighted by Gasteiger charge is 2.29. The molecule has 1 amide bonds. The molecule has 1 aliphatic heterocycles. The highest BCUT2D eigenvalue weighted by atomic mass is 16.5. The fraction of sp³-hybridized carbons (Fsp3) is 0.526. The minimum absolute atomic E-state index is 0.0321. The second-order valence-electron chi connectivity index (χ2n) is 6.79. The van der Waals surface area contributed by atoms with E-state index in [0.29, 0.717) is 41.9 Å². The number of likely N-dealkylation sites (tertiary alicyclic amines) is 1. The van der Waals surface area contributed by atoms with Gasteiger partial charge in [0.2, 0.25) is 11.7 Å². The number of nitrogens with two attached hydrogens (primary N) is 1. The molecule has 2 heterocycles. The Bertz CT molecular complexity index is 729. The van der Waals surface area contributed by atoms with Crippen LogP contribution in [0.1, 0.15) is 48.8 Å². The smallest absolute Gasteiger partial charge is 0.254 e. The van der Waals surface area contributed by atoms with Crippen LogP contribution >= 0.6 is 0 Å². The average molecular weight is 358 g/mol. The Morgan fingerprint density at radius 3 is 2.81 bits per heavy atom. The molecule has 0 aliphatic carbocycles. The topological polar surface area (TPSA) is 94.5 Å².